The lowest BCUT2D eigenvalue weighted by atomic mass is 10.2. The van der Waals surface area contributed by atoms with Gasteiger partial charge in [0.15, 0.2) is 5.82 Å². The van der Waals surface area contributed by atoms with E-state index in [1.165, 1.54) is 0 Å². The lowest BCUT2D eigenvalue weighted by Crippen LogP contribution is -1.97. The number of aromatic nitrogens is 5. The van der Waals surface area contributed by atoms with Gasteiger partial charge in [-0.25, -0.2) is 0 Å². The number of hydrogen-bond donors (Lipinski definition) is 0. The predicted octanol–water partition coefficient (Wildman–Crippen LogP) is 2.23. The summed E-state index contributed by atoms with van der Waals surface area (Å²) in [5, 5.41) is 12.7. The van der Waals surface area contributed by atoms with Gasteiger partial charge in [-0.15, -0.1) is 10.2 Å². The first-order valence-corrected chi connectivity index (χ1v) is 6.28. The molecule has 0 aliphatic rings. The Morgan fingerprint density at radius 2 is 1.95 bits per heavy atom. The average Bonchev–Trinajstić information content (AvgIpc) is 3.05. The number of para-hydroxylation sites is 1. The summed E-state index contributed by atoms with van der Waals surface area (Å²) >= 11 is 0. The maximum absolute atomic E-state index is 4.46. The predicted molar refractivity (Wildman–Crippen MR) is 72.9 cm³/mol. The maximum Gasteiger partial charge on any atom is 0.171 e. The fraction of sp³-hybridized carbons (Fsp3) is 0.214. The van der Waals surface area contributed by atoms with Gasteiger partial charge in [0.2, 0.25) is 0 Å². The van der Waals surface area contributed by atoms with E-state index in [-0.39, 0.29) is 0 Å². The van der Waals surface area contributed by atoms with Crippen molar-refractivity contribution in [2.75, 3.05) is 0 Å². The van der Waals surface area contributed by atoms with Crippen LogP contribution in [0.15, 0.2) is 42.9 Å². The van der Waals surface area contributed by atoms with Crippen molar-refractivity contribution in [2.45, 2.75) is 13.3 Å². The molecule has 5 nitrogen and oxygen atoms in total. The molecule has 3 rings (SSSR count). The molecule has 0 saturated carbocycles. The highest BCUT2D eigenvalue weighted by Gasteiger charge is 2.15. The molecule has 0 unspecified atom stereocenters. The van der Waals surface area contributed by atoms with Crippen LogP contribution in [0.3, 0.4) is 0 Å². The monoisotopic (exact) mass is 253 g/mol. The van der Waals surface area contributed by atoms with Crippen LogP contribution in [0.2, 0.25) is 0 Å². The quantitative estimate of drug-likeness (QED) is 0.719. The topological polar surface area (TPSA) is 48.5 Å². The molecule has 0 amide bonds. The highest BCUT2D eigenvalue weighted by atomic mass is 15.3. The molecule has 1 aromatic carbocycles. The molecule has 96 valence electrons. The average molecular weight is 253 g/mol. The van der Waals surface area contributed by atoms with Crippen LogP contribution < -0.4 is 0 Å². The minimum absolute atomic E-state index is 0.830. The van der Waals surface area contributed by atoms with Crippen LogP contribution in [-0.2, 0) is 13.5 Å². The minimum atomic E-state index is 0.830. The molecule has 0 saturated heterocycles. The van der Waals surface area contributed by atoms with Gasteiger partial charge in [0, 0.05) is 18.9 Å². The molecule has 0 fully saturated rings. The first kappa shape index (κ1) is 11.6. The zero-order chi connectivity index (χ0) is 13.2. The van der Waals surface area contributed by atoms with Gasteiger partial charge in [-0.2, -0.15) is 5.10 Å². The van der Waals surface area contributed by atoms with Gasteiger partial charge in [-0.1, -0.05) is 25.1 Å². The molecule has 0 spiro atoms. The number of nitrogens with zero attached hydrogens (tertiary/aromatic N) is 5. The van der Waals surface area contributed by atoms with Crippen molar-refractivity contribution in [1.82, 2.24) is 24.5 Å². The fourth-order valence-electron chi connectivity index (χ4n) is 2.18. The molecule has 0 N–H and O–H groups in total. The minimum Gasteiger partial charge on any atom is -0.282 e. The van der Waals surface area contributed by atoms with Crippen LogP contribution in [0.1, 0.15) is 12.6 Å². The third-order valence-electron chi connectivity index (χ3n) is 3.06. The smallest absolute Gasteiger partial charge is 0.171 e. The van der Waals surface area contributed by atoms with E-state index >= 15 is 0 Å². The summed E-state index contributed by atoms with van der Waals surface area (Å²) in [4.78, 5) is 0. The maximum atomic E-state index is 4.46. The Labute approximate surface area is 111 Å². The Morgan fingerprint density at radius 3 is 2.68 bits per heavy atom. The molecule has 3 aromatic rings. The lowest BCUT2D eigenvalue weighted by Gasteiger charge is -2.05. The van der Waals surface area contributed by atoms with E-state index in [2.05, 4.69) is 22.2 Å². The standard InChI is InChI=1S/C14H15N5/c1-3-13-12(9-18(2)17-13)14-16-15-10-19(14)11-7-5-4-6-8-11/h4-10H,3H2,1-2H3. The molecular weight excluding hydrogens is 238 g/mol. The van der Waals surface area contributed by atoms with Crippen molar-refractivity contribution in [2.24, 2.45) is 7.05 Å². The molecule has 0 aliphatic heterocycles. The molecule has 0 radical (unpaired) electrons. The van der Waals surface area contributed by atoms with Gasteiger partial charge in [0.1, 0.15) is 6.33 Å². The zero-order valence-corrected chi connectivity index (χ0v) is 11.0. The van der Waals surface area contributed by atoms with Gasteiger partial charge >= 0.3 is 0 Å². The molecule has 2 heterocycles. The number of aryl methyl sites for hydroxylation is 2. The first-order chi connectivity index (χ1) is 9.29. The van der Waals surface area contributed by atoms with Crippen LogP contribution in [0.4, 0.5) is 0 Å². The van der Waals surface area contributed by atoms with E-state index in [9.17, 15) is 0 Å². The van der Waals surface area contributed by atoms with Crippen LogP contribution >= 0.6 is 0 Å². The number of hydrogen-bond acceptors (Lipinski definition) is 3. The normalized spacial score (nSPS) is 10.8. The van der Waals surface area contributed by atoms with Gasteiger partial charge < -0.3 is 0 Å². The van der Waals surface area contributed by atoms with Crippen LogP contribution in [-0.4, -0.2) is 24.5 Å². The van der Waals surface area contributed by atoms with Crippen molar-refractivity contribution in [3.8, 4) is 17.1 Å². The Kier molecular flexibility index (Phi) is 2.87. The van der Waals surface area contributed by atoms with E-state index < -0.39 is 0 Å². The lowest BCUT2D eigenvalue weighted by molar-refractivity contribution is 0.746. The van der Waals surface area contributed by atoms with Crippen LogP contribution in [0.25, 0.3) is 17.1 Å². The van der Waals surface area contributed by atoms with E-state index in [0.29, 0.717) is 0 Å². The second kappa shape index (κ2) is 4.68. The summed E-state index contributed by atoms with van der Waals surface area (Å²) in [6, 6.07) is 10.1. The Morgan fingerprint density at radius 1 is 1.16 bits per heavy atom. The first-order valence-electron chi connectivity index (χ1n) is 6.28. The van der Waals surface area contributed by atoms with E-state index in [1.54, 1.807) is 6.33 Å². The summed E-state index contributed by atoms with van der Waals surface area (Å²) in [5.74, 6) is 0.830. The van der Waals surface area contributed by atoms with Gasteiger partial charge in [0.25, 0.3) is 0 Å². The van der Waals surface area contributed by atoms with Crippen molar-refractivity contribution >= 4 is 0 Å². The molecule has 2 aromatic heterocycles. The summed E-state index contributed by atoms with van der Waals surface area (Å²) in [6.07, 6.45) is 4.59. The summed E-state index contributed by atoms with van der Waals surface area (Å²) < 4.78 is 3.80. The third kappa shape index (κ3) is 2.03. The molecule has 19 heavy (non-hydrogen) atoms. The highest BCUT2D eigenvalue weighted by Crippen LogP contribution is 2.23. The van der Waals surface area contributed by atoms with Gasteiger partial charge in [-0.05, 0) is 18.6 Å². The summed E-state index contributed by atoms with van der Waals surface area (Å²) in [5.41, 5.74) is 3.12. The second-order valence-corrected chi connectivity index (χ2v) is 4.38. The summed E-state index contributed by atoms with van der Waals surface area (Å²) in [6.45, 7) is 2.09. The Hall–Kier alpha value is -2.43. The molecule has 0 atom stereocenters. The molecule has 5 heteroatoms. The van der Waals surface area contributed by atoms with Crippen molar-refractivity contribution in [1.29, 1.82) is 0 Å². The van der Waals surface area contributed by atoms with E-state index in [0.717, 1.165) is 29.2 Å². The number of rotatable bonds is 3. The summed E-state index contributed by atoms with van der Waals surface area (Å²) in [7, 11) is 1.92. The number of benzene rings is 1. The van der Waals surface area contributed by atoms with Gasteiger partial charge in [-0.3, -0.25) is 9.25 Å². The molecular formula is C14H15N5. The highest BCUT2D eigenvalue weighted by molar-refractivity contribution is 5.60. The SMILES string of the molecule is CCc1nn(C)cc1-c1nncn1-c1ccccc1. The zero-order valence-electron chi connectivity index (χ0n) is 11.0. The molecule has 0 aliphatic carbocycles. The Bertz CT molecular complexity index is 681. The largest absolute Gasteiger partial charge is 0.282 e. The third-order valence-corrected chi connectivity index (χ3v) is 3.06. The van der Waals surface area contributed by atoms with Crippen LogP contribution in [0, 0.1) is 0 Å². The van der Waals surface area contributed by atoms with Crippen molar-refractivity contribution in [3.63, 3.8) is 0 Å². The second-order valence-electron chi connectivity index (χ2n) is 4.38. The Balaban J connectivity index is 2.15. The van der Waals surface area contributed by atoms with E-state index in [4.69, 9.17) is 0 Å². The molecule has 0 bridgehead atoms. The van der Waals surface area contributed by atoms with Crippen LogP contribution in [0.5, 0.6) is 0 Å². The van der Waals surface area contributed by atoms with E-state index in [1.807, 2.05) is 52.8 Å². The fourth-order valence-corrected chi connectivity index (χ4v) is 2.18. The van der Waals surface area contributed by atoms with Crippen molar-refractivity contribution in [3.05, 3.63) is 48.5 Å². The van der Waals surface area contributed by atoms with Gasteiger partial charge in [0.05, 0.1) is 11.3 Å². The van der Waals surface area contributed by atoms with Crippen molar-refractivity contribution < 1.29 is 0 Å².